The van der Waals surface area contributed by atoms with Crippen molar-refractivity contribution in [1.29, 1.82) is 0 Å². The van der Waals surface area contributed by atoms with Gasteiger partial charge in [0.15, 0.2) is 15.8 Å². The Hall–Kier alpha value is -0.820. The highest BCUT2D eigenvalue weighted by atomic mass is 32.2. The van der Waals surface area contributed by atoms with Gasteiger partial charge in [-0.1, -0.05) is 13.8 Å². The maximum Gasteiger partial charge on any atom is 0.191 e. The molecule has 128 valence electrons. The van der Waals surface area contributed by atoms with Crippen molar-refractivity contribution in [1.82, 2.24) is 10.6 Å². The van der Waals surface area contributed by atoms with Gasteiger partial charge in [0, 0.05) is 31.2 Å². The summed E-state index contributed by atoms with van der Waals surface area (Å²) in [7, 11) is -1.14. The predicted molar refractivity (Wildman–Crippen MR) is 88.9 cm³/mol. The minimum Gasteiger partial charge on any atom is -0.378 e. The first-order valence-electron chi connectivity index (χ1n) is 7.96. The Morgan fingerprint density at radius 1 is 1.32 bits per heavy atom. The van der Waals surface area contributed by atoms with Gasteiger partial charge in [-0.2, -0.15) is 0 Å². The molecule has 0 bridgehead atoms. The summed E-state index contributed by atoms with van der Waals surface area (Å²) in [5, 5.41) is 6.73. The van der Waals surface area contributed by atoms with E-state index < -0.39 is 9.84 Å². The van der Waals surface area contributed by atoms with E-state index in [1.165, 1.54) is 0 Å². The van der Waals surface area contributed by atoms with Crippen molar-refractivity contribution in [3.63, 3.8) is 0 Å². The minimum atomic E-state index is -2.89. The van der Waals surface area contributed by atoms with Gasteiger partial charge >= 0.3 is 0 Å². The molecule has 0 aromatic carbocycles. The lowest BCUT2D eigenvalue weighted by Gasteiger charge is -2.59. The average Bonchev–Trinajstić information content (AvgIpc) is 2.77. The molecule has 2 fully saturated rings. The number of aliphatic imine (C=N–C) groups is 1. The first-order valence-corrected chi connectivity index (χ1v) is 9.79. The number of guanidine groups is 1. The van der Waals surface area contributed by atoms with Crippen molar-refractivity contribution < 1.29 is 13.2 Å². The third-order valence-corrected chi connectivity index (χ3v) is 7.25. The van der Waals surface area contributed by atoms with Crippen LogP contribution in [-0.4, -0.2) is 57.2 Å². The molecule has 0 aromatic heterocycles. The third kappa shape index (κ3) is 3.25. The SMILES string of the molecule is CCN=C(NC1CCS(=O)(=O)C1)NC1CC(C)(OC)C1(C)C. The Labute approximate surface area is 134 Å². The second-order valence-electron chi connectivity index (χ2n) is 7.12. The Kier molecular flexibility index (Phi) is 4.78. The van der Waals surface area contributed by atoms with E-state index in [-0.39, 0.29) is 34.6 Å². The molecule has 7 heteroatoms. The quantitative estimate of drug-likeness (QED) is 0.592. The van der Waals surface area contributed by atoms with E-state index in [2.05, 4.69) is 36.4 Å². The number of hydrogen-bond donors (Lipinski definition) is 2. The zero-order valence-electron chi connectivity index (χ0n) is 14.3. The van der Waals surface area contributed by atoms with E-state index in [1.54, 1.807) is 7.11 Å². The van der Waals surface area contributed by atoms with Gasteiger partial charge in [-0.3, -0.25) is 4.99 Å². The lowest BCUT2D eigenvalue weighted by Crippen LogP contribution is -2.69. The molecule has 0 aromatic rings. The fourth-order valence-electron chi connectivity index (χ4n) is 3.28. The van der Waals surface area contributed by atoms with Crippen LogP contribution in [0.25, 0.3) is 0 Å². The summed E-state index contributed by atoms with van der Waals surface area (Å²) >= 11 is 0. The molecule has 3 atom stereocenters. The van der Waals surface area contributed by atoms with Crippen LogP contribution in [0.3, 0.4) is 0 Å². The molecule has 22 heavy (non-hydrogen) atoms. The maximum atomic E-state index is 11.6. The molecule has 1 heterocycles. The van der Waals surface area contributed by atoms with Gasteiger partial charge in [0.25, 0.3) is 0 Å². The summed E-state index contributed by atoms with van der Waals surface area (Å²) in [5.74, 6) is 1.17. The largest absolute Gasteiger partial charge is 0.378 e. The van der Waals surface area contributed by atoms with Crippen LogP contribution in [0.5, 0.6) is 0 Å². The zero-order chi connectivity index (χ0) is 16.6. The van der Waals surface area contributed by atoms with Gasteiger partial charge in [-0.25, -0.2) is 8.42 Å². The number of nitrogens with zero attached hydrogens (tertiary/aromatic N) is 1. The molecular weight excluding hydrogens is 302 g/mol. The summed E-state index contributed by atoms with van der Waals surface area (Å²) in [6, 6.07) is 0.216. The highest BCUT2D eigenvalue weighted by Crippen LogP contribution is 2.51. The number of methoxy groups -OCH3 is 1. The standard InChI is InChI=1S/C15H29N3O3S/c1-6-16-13(17-11-7-8-22(19,20)10-11)18-12-9-15(4,21-5)14(12,2)3/h11-12H,6-10H2,1-5H3,(H2,16,17,18). The van der Waals surface area contributed by atoms with E-state index in [0.29, 0.717) is 18.9 Å². The van der Waals surface area contributed by atoms with Crippen LogP contribution in [0.2, 0.25) is 0 Å². The molecule has 3 unspecified atom stereocenters. The highest BCUT2D eigenvalue weighted by Gasteiger charge is 2.58. The minimum absolute atomic E-state index is 0.0142. The number of sulfone groups is 1. The fraction of sp³-hybridized carbons (Fsp3) is 0.933. The Balaban J connectivity index is 1.98. The zero-order valence-corrected chi connectivity index (χ0v) is 15.1. The molecule has 2 rings (SSSR count). The van der Waals surface area contributed by atoms with Gasteiger partial charge < -0.3 is 15.4 Å². The van der Waals surface area contributed by atoms with Gasteiger partial charge in [0.2, 0.25) is 0 Å². The fourth-order valence-corrected chi connectivity index (χ4v) is 4.95. The van der Waals surface area contributed by atoms with Gasteiger partial charge in [0.1, 0.15) is 0 Å². The maximum absolute atomic E-state index is 11.6. The van der Waals surface area contributed by atoms with Crippen LogP contribution in [0, 0.1) is 5.41 Å². The van der Waals surface area contributed by atoms with Gasteiger partial charge in [-0.05, 0) is 26.7 Å². The normalized spacial score (nSPS) is 36.7. The number of ether oxygens (including phenoxy) is 1. The van der Waals surface area contributed by atoms with Crippen LogP contribution in [0.4, 0.5) is 0 Å². The van der Waals surface area contributed by atoms with Gasteiger partial charge in [0.05, 0.1) is 17.1 Å². The van der Waals surface area contributed by atoms with Crippen LogP contribution in [0.15, 0.2) is 4.99 Å². The average molecular weight is 331 g/mol. The van der Waals surface area contributed by atoms with Crippen molar-refractivity contribution in [2.45, 2.75) is 58.2 Å². The molecule has 0 radical (unpaired) electrons. The Bertz CT molecular complexity index is 544. The summed E-state index contributed by atoms with van der Waals surface area (Å²) in [5.41, 5.74) is -0.154. The molecule has 0 spiro atoms. The van der Waals surface area contributed by atoms with Crippen molar-refractivity contribution in [3.05, 3.63) is 0 Å². The lowest BCUT2D eigenvalue weighted by atomic mass is 9.56. The summed E-state index contributed by atoms with van der Waals surface area (Å²) in [6.07, 6.45) is 1.56. The van der Waals surface area contributed by atoms with Crippen molar-refractivity contribution in [2.75, 3.05) is 25.2 Å². The van der Waals surface area contributed by atoms with Crippen molar-refractivity contribution in [2.24, 2.45) is 10.4 Å². The molecular formula is C15H29N3O3S. The van der Waals surface area contributed by atoms with Crippen molar-refractivity contribution in [3.8, 4) is 0 Å². The molecule has 2 aliphatic rings. The van der Waals surface area contributed by atoms with E-state index in [1.807, 2.05) is 6.92 Å². The third-order valence-electron chi connectivity index (χ3n) is 5.48. The number of hydrogen-bond acceptors (Lipinski definition) is 4. The van der Waals surface area contributed by atoms with E-state index in [9.17, 15) is 8.42 Å². The van der Waals surface area contributed by atoms with Crippen LogP contribution >= 0.6 is 0 Å². The molecule has 1 aliphatic heterocycles. The van der Waals surface area contributed by atoms with Gasteiger partial charge in [-0.15, -0.1) is 0 Å². The smallest absolute Gasteiger partial charge is 0.191 e. The molecule has 2 N–H and O–H groups in total. The Morgan fingerprint density at radius 2 is 2.00 bits per heavy atom. The van der Waals surface area contributed by atoms with Crippen LogP contribution < -0.4 is 10.6 Å². The molecule has 6 nitrogen and oxygen atoms in total. The van der Waals surface area contributed by atoms with Crippen LogP contribution in [-0.2, 0) is 14.6 Å². The molecule has 0 amide bonds. The lowest BCUT2D eigenvalue weighted by molar-refractivity contribution is -0.176. The monoisotopic (exact) mass is 331 g/mol. The summed E-state index contributed by atoms with van der Waals surface area (Å²) < 4.78 is 28.8. The molecule has 1 saturated carbocycles. The first kappa shape index (κ1) is 17.5. The topological polar surface area (TPSA) is 79.8 Å². The second kappa shape index (κ2) is 6.00. The Morgan fingerprint density at radius 3 is 2.45 bits per heavy atom. The van der Waals surface area contributed by atoms with Crippen LogP contribution in [0.1, 0.15) is 40.5 Å². The molecule has 1 saturated heterocycles. The van der Waals surface area contributed by atoms with E-state index in [4.69, 9.17) is 4.74 Å². The number of rotatable bonds is 4. The number of nitrogens with one attached hydrogen (secondary N) is 2. The summed E-state index contributed by atoms with van der Waals surface area (Å²) in [6.45, 7) is 9.12. The van der Waals surface area contributed by atoms with Crippen molar-refractivity contribution >= 4 is 15.8 Å². The molecule has 1 aliphatic carbocycles. The predicted octanol–water partition coefficient (Wildman–Crippen LogP) is 0.932. The second-order valence-corrected chi connectivity index (χ2v) is 9.35. The first-order chi connectivity index (χ1) is 10.1. The van der Waals surface area contributed by atoms with E-state index >= 15 is 0 Å². The highest BCUT2D eigenvalue weighted by molar-refractivity contribution is 7.91. The summed E-state index contributed by atoms with van der Waals surface area (Å²) in [4.78, 5) is 4.46. The van der Waals surface area contributed by atoms with E-state index in [0.717, 1.165) is 6.42 Å².